The first kappa shape index (κ1) is 18.9. The van der Waals surface area contributed by atoms with E-state index in [0.717, 1.165) is 12.0 Å². The summed E-state index contributed by atoms with van der Waals surface area (Å²) in [5.41, 5.74) is 1.14. The minimum Gasteiger partial charge on any atom is -0.463 e. The van der Waals surface area contributed by atoms with E-state index in [1.807, 2.05) is 18.2 Å². The Balaban J connectivity index is 1.87. The van der Waals surface area contributed by atoms with E-state index in [0.29, 0.717) is 13.0 Å². The molecule has 2 atom stereocenters. The van der Waals surface area contributed by atoms with Gasteiger partial charge in [0.05, 0.1) is 23.9 Å². The van der Waals surface area contributed by atoms with Gasteiger partial charge in [-0.1, -0.05) is 30.3 Å². The molecule has 144 valence electrons. The monoisotopic (exact) mass is 374 g/mol. The molecule has 8 nitrogen and oxygen atoms in total. The molecule has 0 unspecified atom stereocenters. The molecule has 0 spiro atoms. The van der Waals surface area contributed by atoms with Crippen LogP contribution in [0.3, 0.4) is 0 Å². The van der Waals surface area contributed by atoms with Crippen LogP contribution in [0.25, 0.3) is 0 Å². The fourth-order valence-corrected chi connectivity index (χ4v) is 3.08. The van der Waals surface area contributed by atoms with Crippen molar-refractivity contribution in [1.29, 1.82) is 0 Å². The Morgan fingerprint density at radius 1 is 1.22 bits per heavy atom. The van der Waals surface area contributed by atoms with Crippen LogP contribution >= 0.6 is 0 Å². The Morgan fingerprint density at radius 3 is 2.67 bits per heavy atom. The topological polar surface area (TPSA) is 103 Å². The second-order valence-corrected chi connectivity index (χ2v) is 6.16. The van der Waals surface area contributed by atoms with E-state index in [1.165, 1.54) is 0 Å². The van der Waals surface area contributed by atoms with Gasteiger partial charge in [0.25, 0.3) is 0 Å². The third-order valence-corrected chi connectivity index (χ3v) is 4.33. The first-order chi connectivity index (χ1) is 13.1. The van der Waals surface area contributed by atoms with Crippen molar-refractivity contribution in [2.24, 2.45) is 0 Å². The van der Waals surface area contributed by atoms with Gasteiger partial charge in [0.2, 0.25) is 0 Å². The molecule has 0 bridgehead atoms. The van der Waals surface area contributed by atoms with Gasteiger partial charge in [0, 0.05) is 6.61 Å². The van der Waals surface area contributed by atoms with Gasteiger partial charge in [-0.3, -0.25) is 0 Å². The maximum atomic E-state index is 12.6. The van der Waals surface area contributed by atoms with Crippen molar-refractivity contribution >= 4 is 18.0 Å². The van der Waals surface area contributed by atoms with Crippen LogP contribution in [0.15, 0.2) is 41.6 Å². The van der Waals surface area contributed by atoms with Crippen molar-refractivity contribution in [3.8, 4) is 0 Å². The Morgan fingerprint density at radius 2 is 2.00 bits per heavy atom. The molecule has 1 aromatic carbocycles. The quantitative estimate of drug-likeness (QED) is 0.733. The van der Waals surface area contributed by atoms with Crippen LogP contribution in [0.4, 0.5) is 4.79 Å². The average molecular weight is 374 g/mol. The minimum absolute atomic E-state index is 0.181. The van der Waals surface area contributed by atoms with Gasteiger partial charge in [-0.2, -0.15) is 0 Å². The molecular formula is C19H22N2O6. The van der Waals surface area contributed by atoms with E-state index in [1.54, 1.807) is 19.1 Å². The molecule has 8 heteroatoms. The highest BCUT2D eigenvalue weighted by Gasteiger charge is 2.34. The van der Waals surface area contributed by atoms with Crippen molar-refractivity contribution in [2.45, 2.75) is 31.9 Å². The van der Waals surface area contributed by atoms with Crippen LogP contribution in [0, 0.1) is 0 Å². The minimum atomic E-state index is -0.699. The van der Waals surface area contributed by atoms with Crippen molar-refractivity contribution in [3.05, 3.63) is 47.2 Å². The highest BCUT2D eigenvalue weighted by atomic mass is 16.6. The number of carbonyl (C=O) groups is 3. The van der Waals surface area contributed by atoms with Crippen LogP contribution in [0.5, 0.6) is 0 Å². The highest BCUT2D eigenvalue weighted by Crippen LogP contribution is 2.28. The molecule has 0 aromatic heterocycles. The van der Waals surface area contributed by atoms with E-state index >= 15 is 0 Å². The number of esters is 2. The number of carbonyl (C=O) groups excluding carboxylic acids is 3. The predicted octanol–water partition coefficient (Wildman–Crippen LogP) is 1.58. The molecule has 2 N–H and O–H groups in total. The molecule has 3 rings (SSSR count). The molecule has 2 amide bonds. The molecule has 0 radical (unpaired) electrons. The Bertz CT molecular complexity index is 740. The number of hydrogen-bond acceptors (Lipinski definition) is 6. The molecule has 2 heterocycles. The first-order valence-electron chi connectivity index (χ1n) is 8.91. The van der Waals surface area contributed by atoms with Crippen molar-refractivity contribution < 1.29 is 28.6 Å². The van der Waals surface area contributed by atoms with Gasteiger partial charge in [-0.15, -0.1) is 0 Å². The standard InChI is InChI=1S/C19H22N2O6/c1-2-25-18(23)15-13(11-27-17(22)14-9-6-10-26-14)20-19(24)21-16(15)12-7-4-3-5-8-12/h3-5,7-8,14,16H,2,6,9-11H2,1H3,(H2,20,21,24)/t14-,16+/m0/s1. The second kappa shape index (κ2) is 8.68. The Kier molecular flexibility index (Phi) is 6.08. The average Bonchev–Trinajstić information content (AvgIpc) is 3.21. The van der Waals surface area contributed by atoms with E-state index in [2.05, 4.69) is 10.6 Å². The zero-order valence-electron chi connectivity index (χ0n) is 15.0. The first-order valence-corrected chi connectivity index (χ1v) is 8.91. The van der Waals surface area contributed by atoms with Crippen molar-refractivity contribution in [2.75, 3.05) is 19.8 Å². The number of benzene rings is 1. The lowest BCUT2D eigenvalue weighted by molar-refractivity contribution is -0.153. The van der Waals surface area contributed by atoms with Gasteiger partial charge >= 0.3 is 18.0 Å². The molecule has 1 fully saturated rings. The summed E-state index contributed by atoms with van der Waals surface area (Å²) in [6.45, 7) is 2.15. The van der Waals surface area contributed by atoms with E-state index in [9.17, 15) is 14.4 Å². The summed E-state index contributed by atoms with van der Waals surface area (Å²) in [7, 11) is 0. The fraction of sp³-hybridized carbons (Fsp3) is 0.421. The third kappa shape index (κ3) is 4.46. The van der Waals surface area contributed by atoms with Crippen LogP contribution in [-0.4, -0.2) is 43.9 Å². The summed E-state index contributed by atoms with van der Waals surface area (Å²) < 4.78 is 15.7. The normalized spacial score (nSPS) is 22.0. The number of hydrogen-bond donors (Lipinski definition) is 2. The summed E-state index contributed by atoms with van der Waals surface area (Å²) in [6.07, 6.45) is 0.801. The molecule has 1 aromatic rings. The molecule has 0 aliphatic carbocycles. The summed E-state index contributed by atoms with van der Waals surface area (Å²) in [6, 6.07) is 7.87. The van der Waals surface area contributed by atoms with E-state index in [-0.39, 0.29) is 24.5 Å². The summed E-state index contributed by atoms with van der Waals surface area (Å²) in [5, 5.41) is 5.28. The van der Waals surface area contributed by atoms with Gasteiger partial charge in [0.15, 0.2) is 6.10 Å². The van der Waals surface area contributed by atoms with Crippen molar-refractivity contribution in [1.82, 2.24) is 10.6 Å². The number of amides is 2. The predicted molar refractivity (Wildman–Crippen MR) is 94.4 cm³/mol. The number of nitrogens with one attached hydrogen (secondary N) is 2. The lowest BCUT2D eigenvalue weighted by Crippen LogP contribution is -2.47. The summed E-state index contributed by atoms with van der Waals surface area (Å²) >= 11 is 0. The van der Waals surface area contributed by atoms with Crippen LogP contribution in [0.1, 0.15) is 31.4 Å². The molecule has 1 saturated heterocycles. The molecule has 2 aliphatic heterocycles. The van der Waals surface area contributed by atoms with Crippen LogP contribution in [0.2, 0.25) is 0 Å². The largest absolute Gasteiger partial charge is 0.463 e. The number of urea groups is 1. The fourth-order valence-electron chi connectivity index (χ4n) is 3.08. The summed E-state index contributed by atoms with van der Waals surface area (Å²) in [4.78, 5) is 36.8. The SMILES string of the molecule is CCOC(=O)C1=C(COC(=O)[C@@H]2CCCO2)NC(=O)N[C@@H]1c1ccccc1. The zero-order valence-corrected chi connectivity index (χ0v) is 15.0. The molecular weight excluding hydrogens is 352 g/mol. The smallest absolute Gasteiger partial charge is 0.338 e. The molecule has 0 saturated carbocycles. The lowest BCUT2D eigenvalue weighted by atomic mass is 9.95. The number of ether oxygens (including phenoxy) is 3. The lowest BCUT2D eigenvalue weighted by Gasteiger charge is -2.29. The summed E-state index contributed by atoms with van der Waals surface area (Å²) in [5.74, 6) is -1.09. The van der Waals surface area contributed by atoms with Gasteiger partial charge in [0.1, 0.15) is 6.61 Å². The number of rotatable bonds is 6. The second-order valence-electron chi connectivity index (χ2n) is 6.16. The molecule has 2 aliphatic rings. The van der Waals surface area contributed by atoms with Crippen LogP contribution < -0.4 is 10.6 Å². The van der Waals surface area contributed by atoms with Gasteiger partial charge in [-0.05, 0) is 25.3 Å². The van der Waals surface area contributed by atoms with E-state index < -0.39 is 30.1 Å². The Hall–Kier alpha value is -2.87. The highest BCUT2D eigenvalue weighted by molar-refractivity contribution is 5.95. The maximum Gasteiger partial charge on any atom is 0.338 e. The third-order valence-electron chi connectivity index (χ3n) is 4.33. The van der Waals surface area contributed by atoms with E-state index in [4.69, 9.17) is 14.2 Å². The Labute approximate surface area is 156 Å². The van der Waals surface area contributed by atoms with Gasteiger partial charge in [-0.25, -0.2) is 14.4 Å². The zero-order chi connectivity index (χ0) is 19.2. The maximum absolute atomic E-state index is 12.6. The molecule has 27 heavy (non-hydrogen) atoms. The van der Waals surface area contributed by atoms with Gasteiger partial charge < -0.3 is 24.8 Å². The van der Waals surface area contributed by atoms with Crippen molar-refractivity contribution in [3.63, 3.8) is 0 Å². The van der Waals surface area contributed by atoms with Crippen LogP contribution in [-0.2, 0) is 23.8 Å².